The number of hydrogen-bond acceptors (Lipinski definition) is 8. The maximum atomic E-state index is 13.3. The Morgan fingerprint density at radius 2 is 1.90 bits per heavy atom. The number of benzene rings is 3. The number of aliphatic hydroxyl groups is 1. The van der Waals surface area contributed by atoms with E-state index in [4.69, 9.17) is 9.47 Å². The van der Waals surface area contributed by atoms with E-state index in [1.54, 1.807) is 35.7 Å². The lowest BCUT2D eigenvalue weighted by atomic mass is 9.95. The third-order valence-electron chi connectivity index (χ3n) is 6.27. The maximum absolute atomic E-state index is 13.3. The quantitative estimate of drug-likeness (QED) is 0.148. The molecule has 2 N–H and O–H groups in total. The first-order chi connectivity index (χ1) is 18.8. The maximum Gasteiger partial charge on any atom is 0.301 e. The molecule has 0 saturated carbocycles. The number of phenolic OH excluding ortho intramolecular Hbond substituents is 1. The number of carbonyl (C=O) groups excluding carboxylic acids is 2. The zero-order valence-corrected chi connectivity index (χ0v) is 23.3. The molecule has 0 spiro atoms. The molecule has 198 valence electrons. The Labute approximate surface area is 236 Å². The second kappa shape index (κ2) is 10.9. The van der Waals surface area contributed by atoms with E-state index < -0.39 is 17.7 Å². The largest absolute Gasteiger partial charge is 0.507 e. The number of halogens is 1. The molecule has 0 aliphatic carbocycles. The molecule has 1 aliphatic heterocycles. The van der Waals surface area contributed by atoms with E-state index in [0.717, 1.165) is 11.1 Å². The summed E-state index contributed by atoms with van der Waals surface area (Å²) < 4.78 is 11.5. The van der Waals surface area contributed by atoms with Gasteiger partial charge in [0.15, 0.2) is 16.6 Å². The molecule has 1 fully saturated rings. The average molecular weight is 607 g/mol. The topological polar surface area (TPSA) is 109 Å². The minimum Gasteiger partial charge on any atom is -0.507 e. The van der Waals surface area contributed by atoms with E-state index in [1.807, 2.05) is 31.2 Å². The van der Waals surface area contributed by atoms with E-state index in [9.17, 15) is 19.8 Å². The molecule has 0 radical (unpaired) electrons. The highest BCUT2D eigenvalue weighted by Gasteiger charge is 2.48. The number of Topliss-reactive ketones (excluding diaryl/α,β-unsaturated/α-hetero) is 1. The Balaban J connectivity index is 1.54. The van der Waals surface area contributed by atoms with Crippen LogP contribution in [0.5, 0.6) is 17.2 Å². The summed E-state index contributed by atoms with van der Waals surface area (Å²) in [6, 6.07) is 16.7. The minimum atomic E-state index is -1.01. The Hall–Kier alpha value is -4.15. The van der Waals surface area contributed by atoms with Crippen LogP contribution in [0.4, 0.5) is 5.13 Å². The van der Waals surface area contributed by atoms with Gasteiger partial charge in [0.2, 0.25) is 0 Å². The van der Waals surface area contributed by atoms with Gasteiger partial charge in [0.1, 0.15) is 18.1 Å². The molecular weight excluding hydrogens is 584 g/mol. The lowest BCUT2D eigenvalue weighted by molar-refractivity contribution is -0.132. The number of carbonyl (C=O) groups is 2. The van der Waals surface area contributed by atoms with Crippen molar-refractivity contribution in [2.75, 3.05) is 12.0 Å². The van der Waals surface area contributed by atoms with Gasteiger partial charge in [-0.2, -0.15) is 0 Å². The summed E-state index contributed by atoms with van der Waals surface area (Å²) in [5.41, 5.74) is 2.83. The van der Waals surface area contributed by atoms with Crippen LogP contribution in [0.25, 0.3) is 5.76 Å². The summed E-state index contributed by atoms with van der Waals surface area (Å²) in [5, 5.41) is 23.7. The van der Waals surface area contributed by atoms with Gasteiger partial charge in [-0.15, -0.1) is 11.3 Å². The van der Waals surface area contributed by atoms with Crippen LogP contribution in [0.15, 0.2) is 82.3 Å². The molecule has 8 nitrogen and oxygen atoms in total. The molecule has 1 aliphatic rings. The first-order valence-corrected chi connectivity index (χ1v) is 13.5. The molecule has 10 heteroatoms. The summed E-state index contributed by atoms with van der Waals surface area (Å²) in [6.07, 6.45) is 1.53. The number of aromatic hydroxyl groups is 1. The fraction of sp³-hybridized carbons (Fsp3) is 0.138. The van der Waals surface area contributed by atoms with Gasteiger partial charge in [0, 0.05) is 17.1 Å². The molecule has 1 atom stereocenters. The average Bonchev–Trinajstić information content (AvgIpc) is 3.55. The number of methoxy groups -OCH3 is 1. The van der Waals surface area contributed by atoms with Crippen molar-refractivity contribution in [1.29, 1.82) is 0 Å². The third kappa shape index (κ3) is 5.13. The van der Waals surface area contributed by atoms with Crippen LogP contribution in [-0.2, 0) is 16.2 Å². The summed E-state index contributed by atoms with van der Waals surface area (Å²) in [4.78, 5) is 32.0. The number of phenols is 1. The number of thiazole rings is 1. The van der Waals surface area contributed by atoms with Crippen LogP contribution < -0.4 is 14.4 Å². The zero-order chi connectivity index (χ0) is 27.7. The normalized spacial score (nSPS) is 16.5. The highest BCUT2D eigenvalue weighted by molar-refractivity contribution is 9.10. The molecular formula is C29H23BrN2O6S. The smallest absolute Gasteiger partial charge is 0.301 e. The lowest BCUT2D eigenvalue weighted by Crippen LogP contribution is -2.29. The number of ketones is 1. The first-order valence-electron chi connectivity index (χ1n) is 11.8. The van der Waals surface area contributed by atoms with E-state index >= 15 is 0 Å². The zero-order valence-electron chi connectivity index (χ0n) is 20.9. The number of aliphatic hydroxyl groups excluding tert-OH is 1. The predicted octanol–water partition coefficient (Wildman–Crippen LogP) is 6.13. The predicted molar refractivity (Wildman–Crippen MR) is 151 cm³/mol. The summed E-state index contributed by atoms with van der Waals surface area (Å²) >= 11 is 4.49. The highest BCUT2D eigenvalue weighted by Crippen LogP contribution is 2.46. The van der Waals surface area contributed by atoms with E-state index in [0.29, 0.717) is 33.1 Å². The monoisotopic (exact) mass is 606 g/mol. The molecule has 1 aromatic heterocycles. The SMILES string of the molecule is COc1cc(C2C(=C(O)c3ccc(OCc4cccc(C)c4)cc3)C(=O)C(=O)N2c2nccs2)cc(Br)c1O. The van der Waals surface area contributed by atoms with Crippen LogP contribution in [0.1, 0.15) is 28.3 Å². The fourth-order valence-electron chi connectivity index (χ4n) is 4.42. The molecule has 3 aromatic carbocycles. The Morgan fingerprint density at radius 3 is 2.56 bits per heavy atom. The van der Waals surface area contributed by atoms with Crippen molar-refractivity contribution in [1.82, 2.24) is 4.98 Å². The van der Waals surface area contributed by atoms with Crippen molar-refractivity contribution in [3.8, 4) is 17.2 Å². The number of aromatic nitrogens is 1. The van der Waals surface area contributed by atoms with Crippen LogP contribution in [0.2, 0.25) is 0 Å². The van der Waals surface area contributed by atoms with Gasteiger partial charge in [0.05, 0.1) is 23.2 Å². The Kier molecular flexibility index (Phi) is 7.40. The van der Waals surface area contributed by atoms with Crippen LogP contribution in [-0.4, -0.2) is 34.0 Å². The van der Waals surface area contributed by atoms with Crippen molar-refractivity contribution in [3.05, 3.63) is 105 Å². The van der Waals surface area contributed by atoms with Gasteiger partial charge in [0.25, 0.3) is 5.78 Å². The summed E-state index contributed by atoms with van der Waals surface area (Å²) in [7, 11) is 1.39. The van der Waals surface area contributed by atoms with Gasteiger partial charge >= 0.3 is 5.91 Å². The molecule has 39 heavy (non-hydrogen) atoms. The Morgan fingerprint density at radius 1 is 1.13 bits per heavy atom. The molecule has 1 amide bonds. The number of nitrogens with zero attached hydrogens (tertiary/aromatic N) is 2. The number of rotatable bonds is 7. The van der Waals surface area contributed by atoms with Gasteiger partial charge in [-0.25, -0.2) is 4.98 Å². The van der Waals surface area contributed by atoms with Crippen molar-refractivity contribution < 1.29 is 29.3 Å². The third-order valence-corrected chi connectivity index (χ3v) is 7.65. The van der Waals surface area contributed by atoms with Crippen molar-refractivity contribution in [2.24, 2.45) is 0 Å². The van der Waals surface area contributed by atoms with Crippen molar-refractivity contribution in [3.63, 3.8) is 0 Å². The number of aryl methyl sites for hydroxylation is 1. The van der Waals surface area contributed by atoms with Crippen molar-refractivity contribution >= 4 is 49.8 Å². The number of hydrogen-bond donors (Lipinski definition) is 2. The van der Waals surface area contributed by atoms with Crippen LogP contribution in [0, 0.1) is 6.92 Å². The van der Waals surface area contributed by atoms with E-state index in [-0.39, 0.29) is 22.8 Å². The molecule has 0 bridgehead atoms. The standard InChI is InChI=1S/C29H23BrN2O6S/c1-16-4-3-5-17(12-16)15-38-20-8-6-18(7-9-20)25(33)23-24(19-13-21(30)26(34)22(14-19)37-2)32(28(36)27(23)35)29-31-10-11-39-29/h3-14,24,33-34H,15H2,1-2H3. The van der Waals surface area contributed by atoms with E-state index in [1.165, 1.54) is 35.6 Å². The number of anilines is 1. The fourth-order valence-corrected chi connectivity index (χ4v) is 5.55. The number of amides is 1. The summed E-state index contributed by atoms with van der Waals surface area (Å²) in [5.74, 6) is -1.42. The minimum absolute atomic E-state index is 0.108. The van der Waals surface area contributed by atoms with Gasteiger partial charge in [-0.1, -0.05) is 29.8 Å². The van der Waals surface area contributed by atoms with Crippen LogP contribution >= 0.6 is 27.3 Å². The van der Waals surface area contributed by atoms with Gasteiger partial charge in [-0.3, -0.25) is 14.5 Å². The van der Waals surface area contributed by atoms with Crippen molar-refractivity contribution in [2.45, 2.75) is 19.6 Å². The lowest BCUT2D eigenvalue weighted by Gasteiger charge is -2.24. The molecule has 2 heterocycles. The molecule has 1 unspecified atom stereocenters. The summed E-state index contributed by atoms with van der Waals surface area (Å²) in [6.45, 7) is 2.39. The second-order valence-corrected chi connectivity index (χ2v) is 10.6. The van der Waals surface area contributed by atoms with E-state index in [2.05, 4.69) is 20.9 Å². The molecule has 1 saturated heterocycles. The second-order valence-electron chi connectivity index (χ2n) is 8.84. The Bertz CT molecular complexity index is 1580. The van der Waals surface area contributed by atoms with Gasteiger partial charge in [-0.05, 0) is 70.4 Å². The highest BCUT2D eigenvalue weighted by atomic mass is 79.9. The van der Waals surface area contributed by atoms with Crippen LogP contribution in [0.3, 0.4) is 0 Å². The van der Waals surface area contributed by atoms with Gasteiger partial charge < -0.3 is 19.7 Å². The molecule has 4 aromatic rings. The number of ether oxygens (including phenoxy) is 2. The molecule has 5 rings (SSSR count). The first kappa shape index (κ1) is 26.5.